The molecular formula is C19H24N6O3S. The third-order valence-electron chi connectivity index (χ3n) is 6.07. The van der Waals surface area contributed by atoms with E-state index in [0.29, 0.717) is 12.5 Å². The first-order valence-corrected chi connectivity index (χ1v) is 11.7. The summed E-state index contributed by atoms with van der Waals surface area (Å²) >= 11 is 0. The van der Waals surface area contributed by atoms with Crippen molar-refractivity contribution in [2.24, 2.45) is 16.2 Å². The number of fused-ring (bicyclic) bond motifs is 3. The van der Waals surface area contributed by atoms with Crippen LogP contribution < -0.4 is 0 Å². The summed E-state index contributed by atoms with van der Waals surface area (Å²) in [6, 6.07) is 1.97. The van der Waals surface area contributed by atoms with Crippen LogP contribution in [0.5, 0.6) is 0 Å². The van der Waals surface area contributed by atoms with Gasteiger partial charge in [0.25, 0.3) is 10.0 Å². The normalized spacial score (nSPS) is 28.3. The topological polar surface area (TPSA) is 115 Å². The van der Waals surface area contributed by atoms with Crippen LogP contribution in [0.3, 0.4) is 0 Å². The van der Waals surface area contributed by atoms with E-state index in [1.54, 1.807) is 12.4 Å². The van der Waals surface area contributed by atoms with Crippen LogP contribution in [0.1, 0.15) is 44.3 Å². The Morgan fingerprint density at radius 1 is 1.38 bits per heavy atom. The summed E-state index contributed by atoms with van der Waals surface area (Å²) < 4.78 is 36.1. The molecule has 0 amide bonds. The molecule has 3 aromatic rings. The van der Waals surface area contributed by atoms with E-state index in [0.717, 1.165) is 48.3 Å². The molecule has 1 aliphatic heterocycles. The molecular weight excluding hydrogens is 392 g/mol. The summed E-state index contributed by atoms with van der Waals surface area (Å²) in [5, 5.41) is 8.74. The quantitative estimate of drug-likeness (QED) is 0.638. The van der Waals surface area contributed by atoms with Gasteiger partial charge in [-0.15, -0.1) is 10.2 Å². The molecule has 0 aromatic carbocycles. The van der Waals surface area contributed by atoms with Crippen molar-refractivity contribution in [1.82, 2.24) is 24.6 Å². The average Bonchev–Trinajstić information content (AvgIpc) is 3.45. The second kappa shape index (κ2) is 7.17. The number of ether oxygens (including phenoxy) is 1. The van der Waals surface area contributed by atoms with Crippen LogP contribution >= 0.6 is 0 Å². The Labute approximate surface area is 168 Å². The molecule has 3 aromatic heterocycles. The summed E-state index contributed by atoms with van der Waals surface area (Å²) in [6.45, 7) is 2.82. The number of aromatic nitrogens is 5. The van der Waals surface area contributed by atoms with E-state index in [1.807, 2.05) is 16.7 Å². The molecule has 9 nitrogen and oxygen atoms in total. The highest BCUT2D eigenvalue weighted by molar-refractivity contribution is 7.90. The van der Waals surface area contributed by atoms with Gasteiger partial charge in [-0.1, -0.05) is 6.92 Å². The number of hydrogen-bond donors (Lipinski definition) is 1. The number of nitrogens with one attached hydrogen (secondary N) is 1. The zero-order valence-electron chi connectivity index (χ0n) is 16.2. The average molecular weight is 417 g/mol. The van der Waals surface area contributed by atoms with Gasteiger partial charge in [0.1, 0.15) is 5.82 Å². The Hall–Kier alpha value is -2.33. The molecule has 1 N–H and O–H groups in total. The molecule has 0 spiro atoms. The molecule has 154 valence electrons. The van der Waals surface area contributed by atoms with Gasteiger partial charge < -0.3 is 9.72 Å². The van der Waals surface area contributed by atoms with Gasteiger partial charge in [-0.25, -0.2) is 13.4 Å². The van der Waals surface area contributed by atoms with E-state index < -0.39 is 10.0 Å². The molecule has 2 fully saturated rings. The van der Waals surface area contributed by atoms with Crippen LogP contribution in [0.2, 0.25) is 0 Å². The number of nitrogens with zero attached hydrogens (tertiary/aromatic N) is 5. The summed E-state index contributed by atoms with van der Waals surface area (Å²) in [7, 11) is -3.50. The van der Waals surface area contributed by atoms with Gasteiger partial charge in [0.05, 0.1) is 23.6 Å². The smallest absolute Gasteiger partial charge is 0.255 e. The Balaban J connectivity index is 1.36. The highest BCUT2D eigenvalue weighted by atomic mass is 32.2. The van der Waals surface area contributed by atoms with Gasteiger partial charge in [-0.3, -0.25) is 4.40 Å². The lowest BCUT2D eigenvalue weighted by Crippen LogP contribution is -2.18. The first-order valence-electron chi connectivity index (χ1n) is 10.1. The zero-order chi connectivity index (χ0) is 20.0. The van der Waals surface area contributed by atoms with E-state index in [1.165, 1.54) is 0 Å². The van der Waals surface area contributed by atoms with Gasteiger partial charge in [0.15, 0.2) is 11.3 Å². The van der Waals surface area contributed by atoms with Gasteiger partial charge in [-0.05, 0) is 43.6 Å². The predicted molar refractivity (Wildman–Crippen MR) is 109 cm³/mol. The molecule has 4 atom stereocenters. The van der Waals surface area contributed by atoms with Crippen molar-refractivity contribution in [3.63, 3.8) is 0 Å². The maximum absolute atomic E-state index is 12.3. The molecule has 0 bridgehead atoms. The van der Waals surface area contributed by atoms with Crippen molar-refractivity contribution in [3.05, 3.63) is 24.3 Å². The van der Waals surface area contributed by atoms with Crippen molar-refractivity contribution in [2.45, 2.75) is 44.6 Å². The van der Waals surface area contributed by atoms with Crippen LogP contribution in [-0.4, -0.2) is 57.7 Å². The summed E-state index contributed by atoms with van der Waals surface area (Å²) in [5.41, 5.74) is 2.46. The minimum Gasteiger partial charge on any atom is -0.377 e. The highest BCUT2D eigenvalue weighted by Gasteiger charge is 2.35. The number of sulfonamides is 1. The minimum atomic E-state index is -3.50. The van der Waals surface area contributed by atoms with Crippen molar-refractivity contribution in [2.75, 3.05) is 12.4 Å². The monoisotopic (exact) mass is 416 g/mol. The summed E-state index contributed by atoms with van der Waals surface area (Å²) in [5.74, 6) is 1.51. The largest absolute Gasteiger partial charge is 0.377 e. The number of H-pyrrole nitrogens is 1. The lowest BCUT2D eigenvalue weighted by atomic mass is 9.97. The third kappa shape index (κ3) is 3.55. The van der Waals surface area contributed by atoms with Crippen molar-refractivity contribution >= 4 is 33.0 Å². The lowest BCUT2D eigenvalue weighted by molar-refractivity contribution is 0.127. The number of rotatable bonds is 5. The fourth-order valence-corrected chi connectivity index (χ4v) is 5.83. The summed E-state index contributed by atoms with van der Waals surface area (Å²) in [4.78, 5) is 7.48. The van der Waals surface area contributed by atoms with Crippen LogP contribution in [0.4, 0.5) is 0 Å². The molecule has 29 heavy (non-hydrogen) atoms. The molecule has 4 heterocycles. The first-order chi connectivity index (χ1) is 14.0. The Kier molecular flexibility index (Phi) is 4.62. The number of aromatic amines is 1. The molecule has 1 saturated heterocycles. The van der Waals surface area contributed by atoms with E-state index in [2.05, 4.69) is 31.5 Å². The van der Waals surface area contributed by atoms with Crippen molar-refractivity contribution < 1.29 is 13.2 Å². The van der Waals surface area contributed by atoms with Crippen LogP contribution in [0.25, 0.3) is 16.8 Å². The molecule has 2 unspecified atom stereocenters. The molecule has 0 radical (unpaired) electrons. The van der Waals surface area contributed by atoms with Gasteiger partial charge in [0, 0.05) is 24.9 Å². The van der Waals surface area contributed by atoms with E-state index in [9.17, 15) is 8.42 Å². The second-order valence-electron chi connectivity index (χ2n) is 8.17. The third-order valence-corrected chi connectivity index (χ3v) is 7.31. The van der Waals surface area contributed by atoms with Gasteiger partial charge in [0.2, 0.25) is 0 Å². The second-order valence-corrected chi connectivity index (χ2v) is 9.88. The Morgan fingerprint density at radius 2 is 2.28 bits per heavy atom. The molecule has 1 saturated carbocycles. The molecule has 10 heteroatoms. The van der Waals surface area contributed by atoms with E-state index >= 15 is 0 Å². The van der Waals surface area contributed by atoms with Crippen LogP contribution in [0, 0.1) is 11.8 Å². The van der Waals surface area contributed by atoms with Crippen LogP contribution in [0.15, 0.2) is 22.9 Å². The Morgan fingerprint density at radius 3 is 3.10 bits per heavy atom. The van der Waals surface area contributed by atoms with Crippen molar-refractivity contribution in [1.29, 1.82) is 0 Å². The maximum Gasteiger partial charge on any atom is 0.255 e. The summed E-state index contributed by atoms with van der Waals surface area (Å²) in [6.07, 6.45) is 8.36. The van der Waals surface area contributed by atoms with Crippen molar-refractivity contribution in [3.8, 4) is 0 Å². The zero-order valence-corrected chi connectivity index (χ0v) is 17.0. The molecule has 2 aliphatic rings. The molecule has 5 rings (SSSR count). The fourth-order valence-electron chi connectivity index (χ4n) is 4.65. The maximum atomic E-state index is 12.3. The predicted octanol–water partition coefficient (Wildman–Crippen LogP) is 2.31. The first kappa shape index (κ1) is 18.7. The SMILES string of the molecule is C[C@@H]1CC(C=NS(=O)(=O)CC2CCCO2)C[C@@H]1c1nnc2cnc3[nH]ccc3n12. The lowest BCUT2D eigenvalue weighted by Gasteiger charge is -2.13. The van der Waals surface area contributed by atoms with E-state index in [4.69, 9.17) is 4.74 Å². The van der Waals surface area contributed by atoms with Crippen LogP contribution in [-0.2, 0) is 14.8 Å². The molecule has 1 aliphatic carbocycles. The van der Waals surface area contributed by atoms with Gasteiger partial charge in [-0.2, -0.15) is 4.40 Å². The van der Waals surface area contributed by atoms with E-state index in [-0.39, 0.29) is 23.7 Å². The highest BCUT2D eigenvalue weighted by Crippen LogP contribution is 2.42. The Bertz CT molecular complexity index is 1160. The van der Waals surface area contributed by atoms with Gasteiger partial charge >= 0.3 is 0 Å². The minimum absolute atomic E-state index is 0.0253. The number of hydrogen-bond acceptors (Lipinski definition) is 6. The standard InChI is InChI=1S/C19H24N6O3S/c1-12-7-13(9-22-29(26,27)11-14-3-2-6-28-14)8-15(12)19-24-23-17-10-21-18-16(25(17)19)4-5-20-18/h4-5,9-10,12-15,20H,2-3,6-8,11H2,1H3/t12-,13?,14?,15+/m1/s1. The fraction of sp³-hybridized carbons (Fsp3) is 0.579.